The van der Waals surface area contributed by atoms with Crippen LogP contribution in [0, 0.1) is 0 Å². The van der Waals surface area contributed by atoms with E-state index in [1.165, 1.54) is 6.07 Å². The second kappa shape index (κ2) is 7.55. The van der Waals surface area contributed by atoms with Crippen molar-refractivity contribution in [2.24, 2.45) is 0 Å². The molecule has 0 saturated heterocycles. The average Bonchev–Trinajstić information content (AvgIpc) is 2.34. The number of ether oxygens (including phenoxy) is 2. The van der Waals surface area contributed by atoms with Gasteiger partial charge < -0.3 is 20.3 Å². The zero-order valence-electron chi connectivity index (χ0n) is 10.5. The normalized spacial score (nSPS) is 10.3. The number of nitrogen functional groups attached to an aromatic ring is 1. The van der Waals surface area contributed by atoms with Gasteiger partial charge in [-0.3, -0.25) is 0 Å². The summed E-state index contributed by atoms with van der Waals surface area (Å²) in [5.41, 5.74) is 6.09. The van der Waals surface area contributed by atoms with Crippen molar-refractivity contribution in [3.05, 3.63) is 23.8 Å². The van der Waals surface area contributed by atoms with Gasteiger partial charge in [-0.25, -0.2) is 4.79 Å². The minimum Gasteiger partial charge on any atom is -0.488 e. The molecule has 0 aromatic heterocycles. The Morgan fingerprint density at radius 3 is 2.78 bits per heavy atom. The maximum absolute atomic E-state index is 11.0. The molecule has 5 nitrogen and oxygen atoms in total. The van der Waals surface area contributed by atoms with Gasteiger partial charge in [-0.15, -0.1) is 0 Å². The lowest BCUT2D eigenvalue weighted by Crippen LogP contribution is -2.11. The number of carboxylic acids is 1. The number of hydrogen-bond acceptors (Lipinski definition) is 4. The number of nitrogens with two attached hydrogens (primary N) is 1. The van der Waals surface area contributed by atoms with Crippen LogP contribution in [0.5, 0.6) is 5.75 Å². The molecule has 0 amide bonds. The Balaban J connectivity index is 2.48. The van der Waals surface area contributed by atoms with Gasteiger partial charge in [0.25, 0.3) is 0 Å². The van der Waals surface area contributed by atoms with Crippen LogP contribution < -0.4 is 10.5 Å². The first-order chi connectivity index (χ1) is 8.66. The fourth-order valence-corrected chi connectivity index (χ4v) is 1.44. The molecular weight excluding hydrogens is 234 g/mol. The quantitative estimate of drug-likeness (QED) is 0.548. The number of anilines is 1. The Morgan fingerprint density at radius 2 is 2.11 bits per heavy atom. The molecule has 5 heteroatoms. The Labute approximate surface area is 107 Å². The van der Waals surface area contributed by atoms with E-state index in [1.54, 1.807) is 12.1 Å². The van der Waals surface area contributed by atoms with Gasteiger partial charge in [0.05, 0.1) is 12.3 Å². The van der Waals surface area contributed by atoms with E-state index >= 15 is 0 Å². The summed E-state index contributed by atoms with van der Waals surface area (Å²) in [7, 11) is 0. The van der Waals surface area contributed by atoms with E-state index in [-0.39, 0.29) is 17.9 Å². The van der Waals surface area contributed by atoms with Crippen molar-refractivity contribution in [1.29, 1.82) is 0 Å². The fraction of sp³-hybridized carbons (Fsp3) is 0.462. The highest BCUT2D eigenvalue weighted by Gasteiger charge is 2.13. The molecule has 0 aliphatic carbocycles. The smallest absolute Gasteiger partial charge is 0.339 e. The molecule has 1 rings (SSSR count). The molecule has 0 bridgehead atoms. The minimum atomic E-state index is -1.05. The zero-order chi connectivity index (χ0) is 13.4. The molecule has 0 heterocycles. The lowest BCUT2D eigenvalue weighted by atomic mass is 10.2. The first-order valence-electron chi connectivity index (χ1n) is 5.99. The van der Waals surface area contributed by atoms with Crippen LogP contribution in [-0.4, -0.2) is 30.9 Å². The number of para-hydroxylation sites is 1. The summed E-state index contributed by atoms with van der Waals surface area (Å²) >= 11 is 0. The topological polar surface area (TPSA) is 81.8 Å². The molecule has 18 heavy (non-hydrogen) atoms. The maximum Gasteiger partial charge on any atom is 0.339 e. The Bertz CT molecular complexity index is 393. The van der Waals surface area contributed by atoms with Crippen molar-refractivity contribution in [3.8, 4) is 5.75 Å². The molecule has 3 N–H and O–H groups in total. The van der Waals surface area contributed by atoms with E-state index in [0.717, 1.165) is 12.8 Å². The monoisotopic (exact) mass is 253 g/mol. The second-order valence-electron chi connectivity index (χ2n) is 3.84. The molecule has 1 aromatic rings. The van der Waals surface area contributed by atoms with Crippen LogP contribution >= 0.6 is 0 Å². The number of carboxylic acid groups (broad SMARTS) is 1. The number of hydrogen-bond donors (Lipinski definition) is 2. The lowest BCUT2D eigenvalue weighted by Gasteiger charge is -2.11. The summed E-state index contributed by atoms with van der Waals surface area (Å²) in [5.74, 6) is -0.840. The third-order valence-electron chi connectivity index (χ3n) is 2.39. The summed E-state index contributed by atoms with van der Waals surface area (Å²) in [6.07, 6.45) is 2.09. The van der Waals surface area contributed by atoms with Gasteiger partial charge in [0.1, 0.15) is 12.2 Å². The van der Waals surface area contributed by atoms with Gasteiger partial charge >= 0.3 is 5.97 Å². The molecule has 0 radical (unpaired) electrons. The van der Waals surface area contributed by atoms with Gasteiger partial charge in [-0.05, 0) is 18.6 Å². The second-order valence-corrected chi connectivity index (χ2v) is 3.84. The highest BCUT2D eigenvalue weighted by atomic mass is 16.5. The summed E-state index contributed by atoms with van der Waals surface area (Å²) < 4.78 is 10.7. The highest BCUT2D eigenvalue weighted by molar-refractivity contribution is 5.93. The predicted octanol–water partition coefficient (Wildman–Crippen LogP) is 2.16. The highest BCUT2D eigenvalue weighted by Crippen LogP contribution is 2.26. The van der Waals surface area contributed by atoms with Crippen molar-refractivity contribution in [1.82, 2.24) is 0 Å². The molecule has 0 aliphatic heterocycles. The number of rotatable bonds is 8. The standard InChI is InChI=1S/C13H19NO4/c1-2-3-7-17-8-9-18-12-10(13(15)16)5-4-6-11(12)14/h4-6H,2-3,7-9,14H2,1H3,(H,15,16). The van der Waals surface area contributed by atoms with Crippen molar-refractivity contribution in [2.45, 2.75) is 19.8 Å². The molecule has 0 unspecified atom stereocenters. The summed E-state index contributed by atoms with van der Waals surface area (Å²) in [5, 5.41) is 9.00. The van der Waals surface area contributed by atoms with Gasteiger partial charge in [0, 0.05) is 6.61 Å². The molecular formula is C13H19NO4. The number of unbranched alkanes of at least 4 members (excludes halogenated alkanes) is 1. The lowest BCUT2D eigenvalue weighted by molar-refractivity contribution is 0.0685. The molecule has 1 aromatic carbocycles. The summed E-state index contributed by atoms with van der Waals surface area (Å²) in [6, 6.07) is 4.66. The number of benzene rings is 1. The van der Waals surface area contributed by atoms with E-state index in [4.69, 9.17) is 20.3 Å². The SMILES string of the molecule is CCCCOCCOc1c(N)cccc1C(=O)O. The van der Waals surface area contributed by atoms with Crippen molar-refractivity contribution < 1.29 is 19.4 Å². The van der Waals surface area contributed by atoms with Gasteiger partial charge in [-0.1, -0.05) is 19.4 Å². The van der Waals surface area contributed by atoms with Crippen LogP contribution in [0.2, 0.25) is 0 Å². The summed E-state index contributed by atoms with van der Waals surface area (Å²) in [4.78, 5) is 11.0. The van der Waals surface area contributed by atoms with Gasteiger partial charge in [0.15, 0.2) is 5.75 Å². The van der Waals surface area contributed by atoms with E-state index in [9.17, 15) is 4.79 Å². The van der Waals surface area contributed by atoms with E-state index < -0.39 is 5.97 Å². The molecule has 0 atom stereocenters. The first kappa shape index (κ1) is 14.3. The largest absolute Gasteiger partial charge is 0.488 e. The summed E-state index contributed by atoms with van der Waals surface area (Å²) in [6.45, 7) is 3.49. The molecule has 0 fully saturated rings. The van der Waals surface area contributed by atoms with Gasteiger partial charge in [0.2, 0.25) is 0 Å². The molecule has 0 spiro atoms. The maximum atomic E-state index is 11.0. The van der Waals surface area contributed by atoms with E-state index in [0.29, 0.717) is 18.9 Å². The van der Waals surface area contributed by atoms with E-state index in [2.05, 4.69) is 6.92 Å². The van der Waals surface area contributed by atoms with Gasteiger partial charge in [-0.2, -0.15) is 0 Å². The van der Waals surface area contributed by atoms with Crippen molar-refractivity contribution in [3.63, 3.8) is 0 Å². The fourth-order valence-electron chi connectivity index (χ4n) is 1.44. The average molecular weight is 253 g/mol. The Hall–Kier alpha value is -1.75. The number of carbonyl (C=O) groups is 1. The Kier molecular flexibility index (Phi) is 6.00. The van der Waals surface area contributed by atoms with Crippen LogP contribution in [0.4, 0.5) is 5.69 Å². The van der Waals surface area contributed by atoms with Crippen LogP contribution in [0.15, 0.2) is 18.2 Å². The molecule has 0 aliphatic rings. The third kappa shape index (κ3) is 4.25. The predicted molar refractivity (Wildman–Crippen MR) is 69.0 cm³/mol. The number of aromatic carboxylic acids is 1. The first-order valence-corrected chi connectivity index (χ1v) is 5.99. The van der Waals surface area contributed by atoms with Crippen LogP contribution in [0.1, 0.15) is 30.1 Å². The minimum absolute atomic E-state index is 0.0727. The Morgan fingerprint density at radius 1 is 1.33 bits per heavy atom. The van der Waals surface area contributed by atoms with Crippen LogP contribution in [-0.2, 0) is 4.74 Å². The van der Waals surface area contributed by atoms with Crippen molar-refractivity contribution >= 4 is 11.7 Å². The van der Waals surface area contributed by atoms with Crippen LogP contribution in [0.3, 0.4) is 0 Å². The van der Waals surface area contributed by atoms with E-state index in [1.807, 2.05) is 0 Å². The van der Waals surface area contributed by atoms with Crippen molar-refractivity contribution in [2.75, 3.05) is 25.6 Å². The third-order valence-corrected chi connectivity index (χ3v) is 2.39. The van der Waals surface area contributed by atoms with Crippen LogP contribution in [0.25, 0.3) is 0 Å². The molecule has 0 saturated carbocycles. The molecule has 100 valence electrons. The zero-order valence-corrected chi connectivity index (χ0v) is 10.5.